The standard InChI is InChI=1S/C20H20FN3O4S/c1-11-13(3)29-19-17(11)20(27)24(10-23-19)9-16(25)28-12(2)18(26)22-8-14-4-6-15(21)7-5-14/h4-7,10,12H,8-9H2,1-3H3,(H,22,26)/t12-/m1/s1. The quantitative estimate of drug-likeness (QED) is 0.623. The summed E-state index contributed by atoms with van der Waals surface area (Å²) >= 11 is 1.43. The third kappa shape index (κ3) is 4.68. The van der Waals surface area contributed by atoms with E-state index in [0.717, 1.165) is 10.4 Å². The molecule has 0 unspecified atom stereocenters. The van der Waals surface area contributed by atoms with Gasteiger partial charge in [-0.1, -0.05) is 12.1 Å². The van der Waals surface area contributed by atoms with E-state index >= 15 is 0 Å². The fraction of sp³-hybridized carbons (Fsp3) is 0.300. The first-order valence-electron chi connectivity index (χ1n) is 8.93. The Hall–Kier alpha value is -3.07. The molecule has 1 amide bonds. The van der Waals surface area contributed by atoms with Crippen LogP contribution >= 0.6 is 11.3 Å². The van der Waals surface area contributed by atoms with Crippen LogP contribution < -0.4 is 10.9 Å². The highest BCUT2D eigenvalue weighted by molar-refractivity contribution is 7.18. The monoisotopic (exact) mass is 417 g/mol. The largest absolute Gasteiger partial charge is 0.451 e. The molecule has 0 radical (unpaired) electrons. The Morgan fingerprint density at radius 2 is 1.97 bits per heavy atom. The first-order chi connectivity index (χ1) is 13.8. The van der Waals surface area contributed by atoms with E-state index in [-0.39, 0.29) is 24.5 Å². The SMILES string of the molecule is Cc1sc2ncn(CC(=O)O[C@H](C)C(=O)NCc3ccc(F)cc3)c(=O)c2c1C. The number of benzene rings is 1. The minimum absolute atomic E-state index is 0.178. The average molecular weight is 417 g/mol. The molecule has 29 heavy (non-hydrogen) atoms. The first-order valence-corrected chi connectivity index (χ1v) is 9.74. The van der Waals surface area contributed by atoms with E-state index in [2.05, 4.69) is 10.3 Å². The van der Waals surface area contributed by atoms with Crippen molar-refractivity contribution in [3.05, 3.63) is 62.8 Å². The second kappa shape index (κ2) is 8.52. The van der Waals surface area contributed by atoms with Gasteiger partial charge < -0.3 is 10.1 Å². The summed E-state index contributed by atoms with van der Waals surface area (Å²) < 4.78 is 19.2. The highest BCUT2D eigenvalue weighted by Crippen LogP contribution is 2.25. The van der Waals surface area contributed by atoms with Gasteiger partial charge in [0.2, 0.25) is 0 Å². The highest BCUT2D eigenvalue weighted by Gasteiger charge is 2.19. The van der Waals surface area contributed by atoms with Crippen LogP contribution in [0.25, 0.3) is 10.2 Å². The van der Waals surface area contributed by atoms with Crippen molar-refractivity contribution in [1.29, 1.82) is 0 Å². The van der Waals surface area contributed by atoms with Crippen molar-refractivity contribution >= 4 is 33.4 Å². The number of nitrogens with one attached hydrogen (secondary N) is 1. The van der Waals surface area contributed by atoms with Gasteiger partial charge >= 0.3 is 5.97 Å². The number of rotatable bonds is 6. The van der Waals surface area contributed by atoms with E-state index < -0.39 is 18.0 Å². The summed E-state index contributed by atoms with van der Waals surface area (Å²) in [6, 6.07) is 5.69. The second-order valence-electron chi connectivity index (χ2n) is 6.62. The molecule has 1 aromatic carbocycles. The van der Waals surface area contributed by atoms with Crippen LogP contribution in [0.1, 0.15) is 22.9 Å². The number of hydrogen-bond acceptors (Lipinski definition) is 6. The van der Waals surface area contributed by atoms with Crippen molar-refractivity contribution in [2.45, 2.75) is 40.0 Å². The van der Waals surface area contributed by atoms with Crippen molar-refractivity contribution in [3.63, 3.8) is 0 Å². The lowest BCUT2D eigenvalue weighted by Gasteiger charge is -2.14. The number of thiophene rings is 1. The molecule has 0 saturated heterocycles. The predicted octanol–water partition coefficient (Wildman–Crippen LogP) is 2.46. The maximum absolute atomic E-state index is 12.9. The molecule has 0 bridgehead atoms. The molecule has 7 nitrogen and oxygen atoms in total. The van der Waals surface area contributed by atoms with Crippen molar-refractivity contribution in [3.8, 4) is 0 Å². The van der Waals surface area contributed by atoms with Gasteiger partial charge in [0.05, 0.1) is 11.7 Å². The Morgan fingerprint density at radius 1 is 1.28 bits per heavy atom. The van der Waals surface area contributed by atoms with Crippen LogP contribution in [0.5, 0.6) is 0 Å². The molecular formula is C20H20FN3O4S. The van der Waals surface area contributed by atoms with Crippen LogP contribution in [0.15, 0.2) is 35.4 Å². The van der Waals surface area contributed by atoms with E-state index in [9.17, 15) is 18.8 Å². The fourth-order valence-electron chi connectivity index (χ4n) is 2.74. The van der Waals surface area contributed by atoms with Crippen LogP contribution in [-0.2, 0) is 27.4 Å². The minimum Gasteiger partial charge on any atom is -0.451 e. The Balaban J connectivity index is 1.59. The number of hydrogen-bond donors (Lipinski definition) is 1. The van der Waals surface area contributed by atoms with E-state index in [1.807, 2.05) is 13.8 Å². The van der Waals surface area contributed by atoms with E-state index in [1.165, 1.54) is 41.3 Å². The number of halogens is 1. The van der Waals surface area contributed by atoms with Gasteiger partial charge in [-0.25, -0.2) is 9.37 Å². The number of carbonyl (C=O) groups excluding carboxylic acids is 2. The topological polar surface area (TPSA) is 90.3 Å². The molecular weight excluding hydrogens is 397 g/mol. The first kappa shape index (κ1) is 20.7. The number of aryl methyl sites for hydroxylation is 2. The number of aromatic nitrogens is 2. The summed E-state index contributed by atoms with van der Waals surface area (Å²) in [4.78, 5) is 42.8. The molecule has 3 rings (SSSR count). The van der Waals surface area contributed by atoms with Crippen LogP contribution in [-0.4, -0.2) is 27.5 Å². The van der Waals surface area contributed by atoms with Gasteiger partial charge in [-0.3, -0.25) is 19.0 Å². The molecule has 2 aromatic heterocycles. The smallest absolute Gasteiger partial charge is 0.326 e. The molecule has 2 heterocycles. The van der Waals surface area contributed by atoms with Crippen molar-refractivity contribution in [1.82, 2.24) is 14.9 Å². The number of nitrogens with zero attached hydrogens (tertiary/aromatic N) is 2. The molecule has 1 N–H and O–H groups in total. The normalized spacial score (nSPS) is 12.0. The average Bonchev–Trinajstić information content (AvgIpc) is 2.98. The third-order valence-electron chi connectivity index (χ3n) is 4.51. The summed E-state index contributed by atoms with van der Waals surface area (Å²) in [5, 5.41) is 3.11. The maximum Gasteiger partial charge on any atom is 0.326 e. The summed E-state index contributed by atoms with van der Waals surface area (Å²) in [5.74, 6) is -1.58. The molecule has 0 aliphatic carbocycles. The minimum atomic E-state index is -1.04. The third-order valence-corrected chi connectivity index (χ3v) is 5.63. The lowest BCUT2D eigenvalue weighted by atomic mass is 10.2. The van der Waals surface area contributed by atoms with Gasteiger partial charge in [0.1, 0.15) is 17.2 Å². The Morgan fingerprint density at radius 3 is 2.66 bits per heavy atom. The van der Waals surface area contributed by atoms with Crippen LogP contribution in [0, 0.1) is 19.7 Å². The van der Waals surface area contributed by atoms with Crippen LogP contribution in [0.4, 0.5) is 4.39 Å². The number of ether oxygens (including phenoxy) is 1. The Kier molecular flexibility index (Phi) is 6.07. The lowest BCUT2D eigenvalue weighted by molar-refractivity contribution is -0.155. The van der Waals surface area contributed by atoms with E-state index in [0.29, 0.717) is 15.8 Å². The van der Waals surface area contributed by atoms with Crippen molar-refractivity contribution < 1.29 is 18.7 Å². The number of fused-ring (bicyclic) bond motifs is 1. The molecule has 0 fully saturated rings. The summed E-state index contributed by atoms with van der Waals surface area (Å²) in [7, 11) is 0. The highest BCUT2D eigenvalue weighted by atomic mass is 32.1. The van der Waals surface area contributed by atoms with Crippen LogP contribution in [0.2, 0.25) is 0 Å². The molecule has 9 heteroatoms. The van der Waals surface area contributed by atoms with Gasteiger partial charge in [-0.2, -0.15) is 0 Å². The second-order valence-corrected chi connectivity index (χ2v) is 7.82. The van der Waals surface area contributed by atoms with Crippen molar-refractivity contribution in [2.24, 2.45) is 0 Å². The van der Waals surface area contributed by atoms with Gasteiger partial charge in [0, 0.05) is 11.4 Å². The molecule has 152 valence electrons. The molecule has 1 atom stereocenters. The summed E-state index contributed by atoms with van der Waals surface area (Å²) in [6.45, 7) is 5.03. The molecule has 0 aliphatic rings. The van der Waals surface area contributed by atoms with E-state index in [4.69, 9.17) is 4.74 Å². The van der Waals surface area contributed by atoms with Gasteiger partial charge in [-0.15, -0.1) is 11.3 Å². The van der Waals surface area contributed by atoms with Gasteiger partial charge in [0.15, 0.2) is 6.10 Å². The summed E-state index contributed by atoms with van der Waals surface area (Å²) in [6.07, 6.45) is 0.265. The molecule has 0 aliphatic heterocycles. The predicted molar refractivity (Wildman–Crippen MR) is 107 cm³/mol. The van der Waals surface area contributed by atoms with E-state index in [1.54, 1.807) is 12.1 Å². The van der Waals surface area contributed by atoms with Crippen LogP contribution in [0.3, 0.4) is 0 Å². The Labute approximate surface area is 170 Å². The molecule has 3 aromatic rings. The zero-order valence-electron chi connectivity index (χ0n) is 16.2. The lowest BCUT2D eigenvalue weighted by Crippen LogP contribution is -2.37. The summed E-state index contributed by atoms with van der Waals surface area (Å²) in [5.41, 5.74) is 1.24. The van der Waals surface area contributed by atoms with Gasteiger partial charge in [0.25, 0.3) is 11.5 Å². The Bertz CT molecular complexity index is 1120. The number of amides is 1. The zero-order valence-corrected chi connectivity index (χ0v) is 17.0. The molecule has 0 spiro atoms. The number of esters is 1. The fourth-order valence-corrected chi connectivity index (χ4v) is 3.73. The molecule has 0 saturated carbocycles. The zero-order chi connectivity index (χ0) is 21.1. The van der Waals surface area contributed by atoms with Gasteiger partial charge in [-0.05, 0) is 44.0 Å². The maximum atomic E-state index is 12.9. The number of carbonyl (C=O) groups is 2. The van der Waals surface area contributed by atoms with Crippen molar-refractivity contribution in [2.75, 3.05) is 0 Å².